The highest BCUT2D eigenvalue weighted by Gasteiger charge is 2.47. The molecule has 1 N–H and O–H groups in total. The van der Waals surface area contributed by atoms with Gasteiger partial charge in [0.2, 0.25) is 11.8 Å². The maximum Gasteiger partial charge on any atom is 0.408 e. The maximum absolute atomic E-state index is 13.1. The summed E-state index contributed by atoms with van der Waals surface area (Å²) in [6.45, 7) is -1.16. The first-order chi connectivity index (χ1) is 16.6. The largest absolute Gasteiger partial charge is 0.408 e. The molecule has 0 spiro atoms. The predicted octanol–water partition coefficient (Wildman–Crippen LogP) is 4.50. The summed E-state index contributed by atoms with van der Waals surface area (Å²) in [5.74, 6) is -3.73. The van der Waals surface area contributed by atoms with Gasteiger partial charge in [0, 0.05) is 36.8 Å². The summed E-state index contributed by atoms with van der Waals surface area (Å²) in [6.07, 6.45) is 0.988. The van der Waals surface area contributed by atoms with E-state index in [-0.39, 0.29) is 23.6 Å². The highest BCUT2D eigenvalue weighted by molar-refractivity contribution is 7.90. The number of carbonyl (C=O) groups is 1. The van der Waals surface area contributed by atoms with Crippen molar-refractivity contribution < 1.29 is 35.2 Å². The fourth-order valence-corrected chi connectivity index (χ4v) is 4.43. The molecule has 2 aromatic rings. The third kappa shape index (κ3) is 7.74. The number of nitrogens with one attached hydrogen (secondary N) is 1. The van der Waals surface area contributed by atoms with Gasteiger partial charge >= 0.3 is 6.18 Å². The summed E-state index contributed by atoms with van der Waals surface area (Å²) in [5, 5.41) is 15.0. The lowest BCUT2D eigenvalue weighted by atomic mass is 9.86. The van der Waals surface area contributed by atoms with Gasteiger partial charge in [-0.15, -0.1) is 0 Å². The van der Waals surface area contributed by atoms with Crippen LogP contribution in [-0.4, -0.2) is 48.0 Å². The van der Waals surface area contributed by atoms with Gasteiger partial charge in [-0.3, -0.25) is 9.48 Å². The van der Waals surface area contributed by atoms with E-state index in [1.807, 2.05) is 6.07 Å². The van der Waals surface area contributed by atoms with Crippen LogP contribution in [0.2, 0.25) is 0 Å². The lowest BCUT2D eigenvalue weighted by molar-refractivity contribution is -0.142. The summed E-state index contributed by atoms with van der Waals surface area (Å²) in [4.78, 5) is 11.9. The number of rotatable bonds is 5. The second kappa shape index (κ2) is 10.2. The summed E-state index contributed by atoms with van der Waals surface area (Å²) in [7, 11) is -3.29. The first-order valence-electron chi connectivity index (χ1n) is 11.1. The fourth-order valence-electron chi connectivity index (χ4n) is 3.80. The molecule has 13 heteroatoms. The normalized spacial score (nSPS) is 20.4. The van der Waals surface area contributed by atoms with Crippen LogP contribution in [0.3, 0.4) is 0 Å². The molecule has 2 aliphatic rings. The van der Waals surface area contributed by atoms with Crippen LogP contribution in [0, 0.1) is 17.2 Å². The van der Waals surface area contributed by atoms with Crippen molar-refractivity contribution in [1.82, 2.24) is 15.1 Å². The Morgan fingerprint density at radius 3 is 2.33 bits per heavy atom. The minimum Gasteiger partial charge on any atom is -0.338 e. The zero-order valence-corrected chi connectivity index (χ0v) is 20.2. The van der Waals surface area contributed by atoms with Crippen LogP contribution >= 0.6 is 0 Å². The maximum atomic E-state index is 13.1. The number of alkyl halides is 5. The molecule has 2 saturated carbocycles. The number of aromatic nitrogens is 2. The van der Waals surface area contributed by atoms with Crippen LogP contribution in [0.4, 0.5) is 22.0 Å². The van der Waals surface area contributed by atoms with Crippen LogP contribution in [0.15, 0.2) is 41.6 Å². The van der Waals surface area contributed by atoms with Crippen molar-refractivity contribution in [3.8, 4) is 17.2 Å². The lowest BCUT2D eigenvalue weighted by Gasteiger charge is -2.28. The topological polar surface area (TPSA) is 105 Å². The average Bonchev–Trinajstić information content (AvgIpc) is 3.40. The molecule has 0 radical (unpaired) electrons. The number of benzene rings is 1. The molecule has 1 aromatic heterocycles. The van der Waals surface area contributed by atoms with E-state index in [0.717, 1.165) is 10.9 Å². The second-order valence-electron chi connectivity index (χ2n) is 9.17. The Morgan fingerprint density at radius 1 is 1.19 bits per heavy atom. The molecule has 7 nitrogen and oxygen atoms in total. The lowest BCUT2D eigenvalue weighted by Crippen LogP contribution is -2.43. The molecule has 0 aliphatic heterocycles. The van der Waals surface area contributed by atoms with Gasteiger partial charge in [-0.2, -0.15) is 23.5 Å². The van der Waals surface area contributed by atoms with Gasteiger partial charge in [-0.25, -0.2) is 17.2 Å². The highest BCUT2D eigenvalue weighted by Crippen LogP contribution is 2.39. The second-order valence-corrected chi connectivity index (χ2v) is 11.2. The molecule has 1 aromatic carbocycles. The summed E-state index contributed by atoms with van der Waals surface area (Å²) in [5.41, 5.74) is 0.351. The Labute approximate surface area is 205 Å². The number of carbonyl (C=O) groups excluding carboxylic acids is 1. The Morgan fingerprint density at radius 2 is 1.83 bits per heavy atom. The van der Waals surface area contributed by atoms with E-state index in [1.165, 1.54) is 36.7 Å². The molecule has 36 heavy (non-hydrogen) atoms. The van der Waals surface area contributed by atoms with Crippen LogP contribution < -0.4 is 5.32 Å². The van der Waals surface area contributed by atoms with Crippen LogP contribution in [0.5, 0.6) is 0 Å². The molecule has 2 aliphatic carbocycles. The van der Waals surface area contributed by atoms with Crippen LogP contribution in [0.1, 0.15) is 38.5 Å². The molecule has 0 bridgehead atoms. The van der Waals surface area contributed by atoms with E-state index in [4.69, 9.17) is 5.26 Å². The van der Waals surface area contributed by atoms with E-state index in [0.29, 0.717) is 36.8 Å². The number of amides is 1. The molecular weight excluding hydrogens is 507 g/mol. The van der Waals surface area contributed by atoms with Gasteiger partial charge in [0.15, 0.2) is 9.84 Å². The Hall–Kier alpha value is -3.01. The Balaban J connectivity index is 0.000000205. The monoisotopic (exact) mass is 532 g/mol. The molecule has 0 saturated heterocycles. The Bertz CT molecular complexity index is 1230. The van der Waals surface area contributed by atoms with E-state index in [2.05, 4.69) is 10.4 Å². The SMILES string of the molecule is CS(=O)(=O)c1ccc(-c2cnn(CC(F)(F)F)c2)cc1.N#CC1(NC(=O)[C@H]2CCCC(F)(F)C2)CC1. The average molecular weight is 533 g/mol. The number of nitrogens with zero attached hydrogens (tertiary/aromatic N) is 3. The quantitative estimate of drug-likeness (QED) is 0.571. The Kier molecular flexibility index (Phi) is 7.78. The van der Waals surface area contributed by atoms with Crippen molar-refractivity contribution in [2.24, 2.45) is 5.92 Å². The molecule has 2 fully saturated rings. The predicted molar refractivity (Wildman–Crippen MR) is 119 cm³/mol. The third-order valence-corrected chi connectivity index (χ3v) is 7.06. The van der Waals surface area contributed by atoms with Crippen molar-refractivity contribution >= 4 is 15.7 Å². The number of nitriles is 1. The number of hydrogen-bond acceptors (Lipinski definition) is 5. The van der Waals surface area contributed by atoms with Crippen molar-refractivity contribution in [3.05, 3.63) is 36.7 Å². The fraction of sp³-hybridized carbons (Fsp3) is 0.522. The molecular formula is C23H25F5N4O3S. The van der Waals surface area contributed by atoms with Crippen molar-refractivity contribution in [2.45, 2.75) is 67.6 Å². The van der Waals surface area contributed by atoms with Gasteiger partial charge in [0.1, 0.15) is 12.1 Å². The van der Waals surface area contributed by atoms with Crippen molar-refractivity contribution in [3.63, 3.8) is 0 Å². The van der Waals surface area contributed by atoms with Gasteiger partial charge in [-0.1, -0.05) is 12.1 Å². The summed E-state index contributed by atoms with van der Waals surface area (Å²) < 4.78 is 86.2. The first kappa shape index (κ1) is 27.6. The molecule has 0 unspecified atom stereocenters. The van der Waals surface area contributed by atoms with E-state index in [9.17, 15) is 35.2 Å². The van der Waals surface area contributed by atoms with Gasteiger partial charge in [0.05, 0.1) is 17.2 Å². The number of hydrogen-bond donors (Lipinski definition) is 1. The first-order valence-corrected chi connectivity index (χ1v) is 13.0. The number of halogens is 5. The molecule has 1 heterocycles. The smallest absolute Gasteiger partial charge is 0.338 e. The van der Waals surface area contributed by atoms with E-state index >= 15 is 0 Å². The number of sulfone groups is 1. The van der Waals surface area contributed by atoms with Crippen molar-refractivity contribution in [1.29, 1.82) is 5.26 Å². The van der Waals surface area contributed by atoms with Crippen LogP contribution in [0.25, 0.3) is 11.1 Å². The van der Waals surface area contributed by atoms with Gasteiger partial charge in [-0.05, 0) is 43.4 Å². The highest BCUT2D eigenvalue weighted by atomic mass is 32.2. The molecule has 4 rings (SSSR count). The molecule has 1 amide bonds. The zero-order chi connectivity index (χ0) is 26.8. The standard InChI is InChI=1S/C12H11F3N2O2S.C11H14F2N2O/c1-20(18,19)11-4-2-9(3-5-11)10-6-16-17(7-10)8-12(13,14)15;12-11(13)3-1-2-8(6-11)9(16)15-10(7-14)4-5-10/h2-7H,8H2,1H3;8H,1-6H2,(H,15,16)/t;8-/m.0/s1. The minimum atomic E-state index is -4.33. The van der Waals surface area contributed by atoms with E-state index in [1.54, 1.807) is 0 Å². The van der Waals surface area contributed by atoms with Crippen LogP contribution in [-0.2, 0) is 21.2 Å². The van der Waals surface area contributed by atoms with Gasteiger partial charge < -0.3 is 5.32 Å². The minimum absolute atomic E-state index is 0.125. The molecule has 196 valence electrons. The van der Waals surface area contributed by atoms with E-state index < -0.39 is 39.9 Å². The summed E-state index contributed by atoms with van der Waals surface area (Å²) >= 11 is 0. The van der Waals surface area contributed by atoms with Gasteiger partial charge in [0.25, 0.3) is 0 Å². The zero-order valence-electron chi connectivity index (χ0n) is 19.4. The third-order valence-electron chi connectivity index (χ3n) is 5.93. The van der Waals surface area contributed by atoms with Crippen molar-refractivity contribution in [2.75, 3.05) is 6.26 Å². The molecule has 1 atom stereocenters. The summed E-state index contributed by atoms with van der Waals surface area (Å²) in [6, 6.07) is 7.91.